The lowest BCUT2D eigenvalue weighted by molar-refractivity contribution is -0.116. The third kappa shape index (κ3) is 6.03. The molecule has 0 spiro atoms. The second-order valence-corrected chi connectivity index (χ2v) is 9.13. The van der Waals surface area contributed by atoms with Crippen LogP contribution in [-0.2, 0) is 14.8 Å². The number of rotatable bonds is 8. The van der Waals surface area contributed by atoms with Crippen LogP contribution in [0.2, 0.25) is 5.02 Å². The van der Waals surface area contributed by atoms with E-state index in [1.807, 2.05) is 6.92 Å². The molecule has 0 bridgehead atoms. The molecule has 3 rings (SSSR count). The quantitative estimate of drug-likeness (QED) is 0.593. The van der Waals surface area contributed by atoms with Crippen LogP contribution in [0, 0.1) is 6.92 Å². The van der Waals surface area contributed by atoms with Gasteiger partial charge in [-0.15, -0.1) is 0 Å². The molecule has 9 heteroatoms. The maximum Gasteiger partial charge on any atom is 0.251 e. The molecule has 1 aliphatic carbocycles. The van der Waals surface area contributed by atoms with Crippen molar-refractivity contribution in [2.45, 2.75) is 37.1 Å². The molecule has 1 fully saturated rings. The van der Waals surface area contributed by atoms with Crippen molar-refractivity contribution in [3.8, 4) is 0 Å². The van der Waals surface area contributed by atoms with Crippen molar-refractivity contribution in [2.24, 2.45) is 0 Å². The van der Waals surface area contributed by atoms with Gasteiger partial charge < -0.3 is 10.6 Å². The average molecular weight is 436 g/mol. The van der Waals surface area contributed by atoms with Crippen LogP contribution < -0.4 is 15.4 Å². The van der Waals surface area contributed by atoms with Crippen LogP contribution in [0.15, 0.2) is 47.4 Å². The van der Waals surface area contributed by atoms with Crippen LogP contribution in [0.25, 0.3) is 0 Å². The van der Waals surface area contributed by atoms with Crippen molar-refractivity contribution >= 4 is 39.1 Å². The van der Waals surface area contributed by atoms with Gasteiger partial charge >= 0.3 is 0 Å². The molecule has 2 aromatic rings. The maximum atomic E-state index is 12.2. The first-order valence-electron chi connectivity index (χ1n) is 9.21. The minimum Gasteiger partial charge on any atom is -0.349 e. The van der Waals surface area contributed by atoms with Crippen LogP contribution in [0.4, 0.5) is 5.69 Å². The van der Waals surface area contributed by atoms with E-state index < -0.39 is 10.0 Å². The summed E-state index contributed by atoms with van der Waals surface area (Å²) in [6, 6.07) is 11.2. The lowest BCUT2D eigenvalue weighted by Gasteiger charge is -2.11. The summed E-state index contributed by atoms with van der Waals surface area (Å²) in [6.07, 6.45) is 1.93. The van der Waals surface area contributed by atoms with E-state index in [2.05, 4.69) is 15.4 Å². The molecule has 0 atom stereocenters. The SMILES string of the molecule is Cc1ccc(C(=O)NC2CC2)cc1NC(=O)CCNS(=O)(=O)c1cccc(Cl)c1. The first-order chi connectivity index (χ1) is 13.7. The van der Waals surface area contributed by atoms with Gasteiger partial charge in [0, 0.05) is 35.3 Å². The van der Waals surface area contributed by atoms with Gasteiger partial charge in [-0.3, -0.25) is 9.59 Å². The van der Waals surface area contributed by atoms with Gasteiger partial charge in [-0.2, -0.15) is 0 Å². The third-order valence-electron chi connectivity index (χ3n) is 4.44. The van der Waals surface area contributed by atoms with Gasteiger partial charge in [-0.1, -0.05) is 23.7 Å². The number of nitrogens with one attached hydrogen (secondary N) is 3. The van der Waals surface area contributed by atoms with E-state index >= 15 is 0 Å². The van der Waals surface area contributed by atoms with E-state index in [1.165, 1.54) is 12.1 Å². The largest absolute Gasteiger partial charge is 0.349 e. The minimum absolute atomic E-state index is 0.0376. The molecule has 3 N–H and O–H groups in total. The molecule has 1 aliphatic rings. The summed E-state index contributed by atoms with van der Waals surface area (Å²) >= 11 is 5.82. The number of hydrogen-bond donors (Lipinski definition) is 3. The highest BCUT2D eigenvalue weighted by Gasteiger charge is 2.24. The molecule has 7 nitrogen and oxygen atoms in total. The zero-order chi connectivity index (χ0) is 21.0. The van der Waals surface area contributed by atoms with Crippen LogP contribution >= 0.6 is 11.6 Å². The Labute approximate surface area is 174 Å². The summed E-state index contributed by atoms with van der Waals surface area (Å²) in [5.41, 5.74) is 1.80. The Hall–Kier alpha value is -2.42. The van der Waals surface area contributed by atoms with Gasteiger partial charge in [-0.05, 0) is 55.7 Å². The molecule has 0 radical (unpaired) electrons. The Morgan fingerprint density at radius 3 is 2.59 bits per heavy atom. The van der Waals surface area contributed by atoms with Gasteiger partial charge in [0.2, 0.25) is 15.9 Å². The first kappa shape index (κ1) is 21.3. The van der Waals surface area contributed by atoms with Crippen LogP contribution in [-0.4, -0.2) is 32.8 Å². The van der Waals surface area contributed by atoms with Crippen molar-refractivity contribution in [1.82, 2.24) is 10.0 Å². The predicted molar refractivity (Wildman–Crippen MR) is 112 cm³/mol. The van der Waals surface area contributed by atoms with Gasteiger partial charge in [0.1, 0.15) is 0 Å². The van der Waals surface area contributed by atoms with E-state index in [-0.39, 0.29) is 35.7 Å². The summed E-state index contributed by atoms with van der Waals surface area (Å²) in [4.78, 5) is 24.5. The Morgan fingerprint density at radius 1 is 1.14 bits per heavy atom. The number of amides is 2. The van der Waals surface area contributed by atoms with Gasteiger partial charge in [0.05, 0.1) is 4.90 Å². The summed E-state index contributed by atoms with van der Waals surface area (Å²) in [5, 5.41) is 5.95. The molecule has 1 saturated carbocycles. The third-order valence-corrected chi connectivity index (χ3v) is 6.13. The fraction of sp³-hybridized carbons (Fsp3) is 0.300. The maximum absolute atomic E-state index is 12.2. The van der Waals surface area contributed by atoms with E-state index in [0.717, 1.165) is 18.4 Å². The zero-order valence-corrected chi connectivity index (χ0v) is 17.4. The molecular formula is C20H22ClN3O4S. The van der Waals surface area contributed by atoms with Crippen molar-refractivity contribution in [1.29, 1.82) is 0 Å². The normalized spacial score (nSPS) is 13.7. The number of sulfonamides is 1. The fourth-order valence-corrected chi connectivity index (χ4v) is 3.96. The van der Waals surface area contributed by atoms with E-state index in [0.29, 0.717) is 16.3 Å². The van der Waals surface area contributed by atoms with Crippen molar-refractivity contribution < 1.29 is 18.0 Å². The standard InChI is InChI=1S/C20H22ClN3O4S/c1-13-5-6-14(20(26)23-16-7-8-16)11-18(13)24-19(25)9-10-22-29(27,28)17-4-2-3-15(21)12-17/h2-6,11-12,16,22H,7-10H2,1H3,(H,23,26)(H,24,25). The highest BCUT2D eigenvalue weighted by molar-refractivity contribution is 7.89. The number of carbonyl (C=O) groups excluding carboxylic acids is 2. The van der Waals surface area contributed by atoms with Gasteiger partial charge in [0.25, 0.3) is 5.91 Å². The molecular weight excluding hydrogens is 414 g/mol. The number of halogens is 1. The molecule has 0 unspecified atom stereocenters. The number of hydrogen-bond acceptors (Lipinski definition) is 4. The number of carbonyl (C=O) groups is 2. The lowest BCUT2D eigenvalue weighted by atomic mass is 10.1. The summed E-state index contributed by atoms with van der Waals surface area (Å²) in [6.45, 7) is 1.75. The van der Waals surface area contributed by atoms with Crippen molar-refractivity contribution in [2.75, 3.05) is 11.9 Å². The Kier molecular flexibility index (Phi) is 6.56. The van der Waals surface area contributed by atoms with Crippen molar-refractivity contribution in [3.63, 3.8) is 0 Å². The second kappa shape index (κ2) is 8.94. The lowest BCUT2D eigenvalue weighted by Crippen LogP contribution is -2.28. The minimum atomic E-state index is -3.75. The Morgan fingerprint density at radius 2 is 1.90 bits per heavy atom. The highest BCUT2D eigenvalue weighted by atomic mass is 35.5. The molecule has 0 aromatic heterocycles. The Balaban J connectivity index is 1.55. The van der Waals surface area contributed by atoms with E-state index in [4.69, 9.17) is 11.6 Å². The molecule has 29 heavy (non-hydrogen) atoms. The monoisotopic (exact) mass is 435 g/mol. The first-order valence-corrected chi connectivity index (χ1v) is 11.1. The second-order valence-electron chi connectivity index (χ2n) is 6.93. The number of anilines is 1. The van der Waals surface area contributed by atoms with E-state index in [9.17, 15) is 18.0 Å². The Bertz CT molecular complexity index is 1040. The topological polar surface area (TPSA) is 104 Å². The summed E-state index contributed by atoms with van der Waals surface area (Å²) in [7, 11) is -3.75. The molecule has 2 aromatic carbocycles. The highest BCUT2D eigenvalue weighted by Crippen LogP contribution is 2.21. The van der Waals surface area contributed by atoms with Crippen molar-refractivity contribution in [3.05, 3.63) is 58.6 Å². The summed E-state index contributed by atoms with van der Waals surface area (Å²) in [5.74, 6) is -0.529. The van der Waals surface area contributed by atoms with Crippen LogP contribution in [0.5, 0.6) is 0 Å². The zero-order valence-electron chi connectivity index (χ0n) is 15.9. The number of aryl methyl sites for hydroxylation is 1. The predicted octanol–water partition coefficient (Wildman–Crippen LogP) is 2.85. The van der Waals surface area contributed by atoms with Crippen LogP contribution in [0.1, 0.15) is 35.2 Å². The molecule has 2 amide bonds. The average Bonchev–Trinajstić information content (AvgIpc) is 3.47. The molecule has 0 aliphatic heterocycles. The molecule has 0 heterocycles. The summed E-state index contributed by atoms with van der Waals surface area (Å²) < 4.78 is 26.9. The fourth-order valence-electron chi connectivity index (χ4n) is 2.62. The smallest absolute Gasteiger partial charge is 0.251 e. The van der Waals surface area contributed by atoms with E-state index in [1.54, 1.807) is 30.3 Å². The van der Waals surface area contributed by atoms with Gasteiger partial charge in [-0.25, -0.2) is 13.1 Å². The van der Waals surface area contributed by atoms with Crippen LogP contribution in [0.3, 0.4) is 0 Å². The molecule has 0 saturated heterocycles. The number of benzene rings is 2. The molecule has 154 valence electrons. The van der Waals surface area contributed by atoms with Gasteiger partial charge in [0.15, 0.2) is 0 Å².